The standard InChI is InChI=1S/C22H18N2O3/c25-21(19-14-15-6-4-5-9-20(15)27-22(19)26)24-18-12-10-17(11-13-18)23-16-7-2-1-3-8-16/h1-15,20,23H,(H,24,25). The van der Waals surface area contributed by atoms with E-state index in [4.69, 9.17) is 4.74 Å². The molecule has 2 aromatic carbocycles. The smallest absolute Gasteiger partial charge is 0.344 e. The fourth-order valence-corrected chi connectivity index (χ4v) is 3.01. The molecule has 1 aliphatic carbocycles. The van der Waals surface area contributed by atoms with Crippen molar-refractivity contribution < 1.29 is 14.3 Å². The fraction of sp³-hybridized carbons (Fsp3) is 0.0909. The van der Waals surface area contributed by atoms with Crippen molar-refractivity contribution in [3.63, 3.8) is 0 Å². The van der Waals surface area contributed by atoms with Crippen LogP contribution in [0.25, 0.3) is 0 Å². The topological polar surface area (TPSA) is 67.4 Å². The molecule has 0 saturated heterocycles. The summed E-state index contributed by atoms with van der Waals surface area (Å²) in [6, 6.07) is 17.1. The van der Waals surface area contributed by atoms with Gasteiger partial charge in [0.2, 0.25) is 0 Å². The molecule has 2 N–H and O–H groups in total. The molecule has 0 spiro atoms. The second-order valence-electron chi connectivity index (χ2n) is 6.32. The zero-order valence-electron chi connectivity index (χ0n) is 14.5. The fourth-order valence-electron chi connectivity index (χ4n) is 3.01. The normalized spacial score (nSPS) is 20.3. The van der Waals surface area contributed by atoms with Gasteiger partial charge in [0, 0.05) is 23.0 Å². The summed E-state index contributed by atoms with van der Waals surface area (Å²) in [5, 5.41) is 6.02. The van der Waals surface area contributed by atoms with E-state index in [0.717, 1.165) is 11.4 Å². The maximum absolute atomic E-state index is 12.5. The van der Waals surface area contributed by atoms with E-state index in [2.05, 4.69) is 10.6 Å². The molecule has 4 rings (SSSR count). The van der Waals surface area contributed by atoms with E-state index in [-0.39, 0.29) is 17.6 Å². The summed E-state index contributed by atoms with van der Waals surface area (Å²) in [7, 11) is 0. The molecule has 1 heterocycles. The molecule has 2 aromatic rings. The summed E-state index contributed by atoms with van der Waals surface area (Å²) in [6.07, 6.45) is 8.77. The number of anilines is 3. The second kappa shape index (κ2) is 7.33. The second-order valence-corrected chi connectivity index (χ2v) is 6.32. The highest BCUT2D eigenvalue weighted by atomic mass is 16.5. The van der Waals surface area contributed by atoms with Gasteiger partial charge in [-0.25, -0.2) is 4.79 Å². The minimum absolute atomic E-state index is 0.0303. The van der Waals surface area contributed by atoms with Crippen molar-refractivity contribution in [3.8, 4) is 0 Å². The molecule has 5 nitrogen and oxygen atoms in total. The lowest BCUT2D eigenvalue weighted by Gasteiger charge is -2.27. The van der Waals surface area contributed by atoms with Crippen LogP contribution in [0, 0.1) is 5.92 Å². The maximum atomic E-state index is 12.5. The molecule has 2 aliphatic rings. The van der Waals surface area contributed by atoms with Crippen molar-refractivity contribution in [2.24, 2.45) is 5.92 Å². The first-order valence-electron chi connectivity index (χ1n) is 8.70. The highest BCUT2D eigenvalue weighted by Crippen LogP contribution is 2.26. The van der Waals surface area contributed by atoms with Gasteiger partial charge in [-0.2, -0.15) is 0 Å². The Bertz CT molecular complexity index is 943. The van der Waals surface area contributed by atoms with Crippen LogP contribution in [0.5, 0.6) is 0 Å². The van der Waals surface area contributed by atoms with Crippen LogP contribution in [0.2, 0.25) is 0 Å². The molecule has 0 aromatic heterocycles. The van der Waals surface area contributed by atoms with Gasteiger partial charge in [-0.05, 0) is 42.5 Å². The van der Waals surface area contributed by atoms with Gasteiger partial charge < -0.3 is 15.4 Å². The quantitative estimate of drug-likeness (QED) is 0.641. The van der Waals surface area contributed by atoms with Crippen molar-refractivity contribution >= 4 is 28.9 Å². The molecule has 27 heavy (non-hydrogen) atoms. The van der Waals surface area contributed by atoms with Crippen LogP contribution in [0.3, 0.4) is 0 Å². The van der Waals surface area contributed by atoms with Crippen molar-refractivity contribution in [1.82, 2.24) is 0 Å². The largest absolute Gasteiger partial charge is 0.453 e. The zero-order valence-corrected chi connectivity index (χ0v) is 14.5. The van der Waals surface area contributed by atoms with Gasteiger partial charge in [-0.3, -0.25) is 4.79 Å². The SMILES string of the molecule is O=C(Nc1ccc(Nc2ccccc2)cc1)C1=CC2C=CC=CC2OC1=O. The number of para-hydroxylation sites is 1. The van der Waals surface area contributed by atoms with Crippen LogP contribution in [0.4, 0.5) is 17.1 Å². The van der Waals surface area contributed by atoms with E-state index < -0.39 is 11.9 Å². The lowest BCUT2D eigenvalue weighted by atomic mass is 9.92. The molecule has 1 amide bonds. The van der Waals surface area contributed by atoms with Gasteiger partial charge in [-0.15, -0.1) is 0 Å². The molecular formula is C22H18N2O3. The lowest BCUT2D eigenvalue weighted by Crippen LogP contribution is -2.34. The first-order chi connectivity index (χ1) is 13.2. The predicted octanol–water partition coefficient (Wildman–Crippen LogP) is 3.96. The monoisotopic (exact) mass is 358 g/mol. The maximum Gasteiger partial charge on any atom is 0.344 e. The van der Waals surface area contributed by atoms with Gasteiger partial charge in [0.15, 0.2) is 0 Å². The van der Waals surface area contributed by atoms with Crippen molar-refractivity contribution in [3.05, 3.63) is 90.6 Å². The first kappa shape index (κ1) is 16.8. The number of hydrogen-bond acceptors (Lipinski definition) is 4. The number of fused-ring (bicyclic) bond motifs is 1. The molecule has 0 radical (unpaired) electrons. The average Bonchev–Trinajstić information content (AvgIpc) is 2.69. The Balaban J connectivity index is 1.43. The Morgan fingerprint density at radius 3 is 2.30 bits per heavy atom. The van der Waals surface area contributed by atoms with Crippen molar-refractivity contribution in [2.45, 2.75) is 6.10 Å². The molecule has 2 unspecified atom stereocenters. The number of carbonyl (C=O) groups is 2. The molecular weight excluding hydrogens is 340 g/mol. The average molecular weight is 358 g/mol. The minimum Gasteiger partial charge on any atom is -0.453 e. The predicted molar refractivity (Wildman–Crippen MR) is 105 cm³/mol. The molecule has 5 heteroatoms. The summed E-state index contributed by atoms with van der Waals surface area (Å²) in [5.74, 6) is -1.17. The third-order valence-electron chi connectivity index (χ3n) is 4.40. The van der Waals surface area contributed by atoms with Crippen LogP contribution in [0.15, 0.2) is 90.6 Å². The number of ether oxygens (including phenoxy) is 1. The summed E-state index contributed by atoms with van der Waals surface area (Å²) in [4.78, 5) is 24.6. The van der Waals surface area contributed by atoms with Crippen LogP contribution in [-0.4, -0.2) is 18.0 Å². The highest BCUT2D eigenvalue weighted by Gasteiger charge is 2.32. The number of hydrogen-bond donors (Lipinski definition) is 2. The molecule has 1 aliphatic heterocycles. The van der Waals surface area contributed by atoms with Crippen LogP contribution in [-0.2, 0) is 14.3 Å². The van der Waals surface area contributed by atoms with Crippen LogP contribution < -0.4 is 10.6 Å². The van der Waals surface area contributed by atoms with E-state index in [1.54, 1.807) is 18.2 Å². The van der Waals surface area contributed by atoms with E-state index in [0.29, 0.717) is 5.69 Å². The number of benzene rings is 2. The molecule has 0 saturated carbocycles. The van der Waals surface area contributed by atoms with Gasteiger partial charge in [-0.1, -0.05) is 42.5 Å². The molecule has 0 fully saturated rings. The molecule has 2 atom stereocenters. The van der Waals surface area contributed by atoms with Gasteiger partial charge in [0.25, 0.3) is 5.91 Å². The van der Waals surface area contributed by atoms with Crippen LogP contribution in [0.1, 0.15) is 0 Å². The van der Waals surface area contributed by atoms with Crippen molar-refractivity contribution in [1.29, 1.82) is 0 Å². The van der Waals surface area contributed by atoms with E-state index in [9.17, 15) is 9.59 Å². The molecule has 0 bridgehead atoms. The minimum atomic E-state index is -0.601. The number of nitrogens with one attached hydrogen (secondary N) is 2. The lowest BCUT2D eigenvalue weighted by molar-refractivity contribution is -0.145. The number of carbonyl (C=O) groups excluding carboxylic acids is 2. The first-order valence-corrected chi connectivity index (χ1v) is 8.70. The number of esters is 1. The van der Waals surface area contributed by atoms with Gasteiger partial charge in [0.1, 0.15) is 11.7 Å². The number of amides is 1. The Hall–Kier alpha value is -3.60. The third-order valence-corrected chi connectivity index (χ3v) is 4.40. The Morgan fingerprint density at radius 1 is 0.852 bits per heavy atom. The van der Waals surface area contributed by atoms with E-state index in [1.165, 1.54) is 0 Å². The Kier molecular flexibility index (Phi) is 4.58. The van der Waals surface area contributed by atoms with Gasteiger partial charge >= 0.3 is 5.97 Å². The summed E-state index contributed by atoms with van der Waals surface area (Å²) in [6.45, 7) is 0. The Morgan fingerprint density at radius 2 is 1.52 bits per heavy atom. The third kappa shape index (κ3) is 3.82. The summed E-state index contributed by atoms with van der Waals surface area (Å²) in [5.41, 5.74) is 2.52. The molecule has 134 valence electrons. The Labute approximate surface area is 157 Å². The number of allylic oxidation sites excluding steroid dienone is 2. The zero-order chi connectivity index (χ0) is 18.6. The van der Waals surface area contributed by atoms with E-state index in [1.807, 2.05) is 66.8 Å². The van der Waals surface area contributed by atoms with Crippen LogP contribution >= 0.6 is 0 Å². The number of rotatable bonds is 4. The van der Waals surface area contributed by atoms with Crippen molar-refractivity contribution in [2.75, 3.05) is 10.6 Å². The summed E-state index contributed by atoms with van der Waals surface area (Å²) >= 11 is 0. The van der Waals surface area contributed by atoms with Gasteiger partial charge in [0.05, 0.1) is 0 Å². The van der Waals surface area contributed by atoms with E-state index >= 15 is 0 Å². The highest BCUT2D eigenvalue weighted by molar-refractivity contribution is 6.21. The summed E-state index contributed by atoms with van der Waals surface area (Å²) < 4.78 is 5.33.